The van der Waals surface area contributed by atoms with Crippen molar-refractivity contribution in [3.05, 3.63) is 17.3 Å². The maximum atomic E-state index is 11.7. The summed E-state index contributed by atoms with van der Waals surface area (Å²) in [4.78, 5) is 16.3. The molecule has 0 fully saturated rings. The molecule has 1 rings (SSSR count). The minimum atomic E-state index is -0.511. The van der Waals surface area contributed by atoms with E-state index in [1.807, 2.05) is 26.8 Å². The number of hydrogen-bond acceptors (Lipinski definition) is 5. The molecule has 1 aromatic heterocycles. The summed E-state index contributed by atoms with van der Waals surface area (Å²) in [6.07, 6.45) is 5.77. The Morgan fingerprint density at radius 2 is 1.85 bits per heavy atom. The van der Waals surface area contributed by atoms with E-state index < -0.39 is 11.7 Å². The highest BCUT2D eigenvalue weighted by Crippen LogP contribution is 2.27. The van der Waals surface area contributed by atoms with Crippen LogP contribution in [0.25, 0.3) is 0 Å². The van der Waals surface area contributed by atoms with Crippen molar-refractivity contribution < 1.29 is 19.0 Å². The molecule has 0 radical (unpaired) electrons. The van der Waals surface area contributed by atoms with E-state index in [0.29, 0.717) is 18.8 Å². The molecule has 0 saturated carbocycles. The summed E-state index contributed by atoms with van der Waals surface area (Å²) in [5.41, 5.74) is 1.31. The van der Waals surface area contributed by atoms with Gasteiger partial charge in [-0.25, -0.2) is 9.78 Å². The lowest BCUT2D eigenvalue weighted by Crippen LogP contribution is -2.33. The summed E-state index contributed by atoms with van der Waals surface area (Å²) in [5.74, 6) is 1.36. The standard InChI is InChI=1S/C20H34N2O4/c1-7-8-9-10-11-15-14-17(24-5)16(22-18(15)25-6)12-13-21-19(23)26-20(2,3)4/h14H,7-13H2,1-6H3,(H,21,23). The molecule has 0 aliphatic heterocycles. The van der Waals surface area contributed by atoms with Crippen LogP contribution >= 0.6 is 0 Å². The van der Waals surface area contributed by atoms with Crippen molar-refractivity contribution in [1.82, 2.24) is 10.3 Å². The van der Waals surface area contributed by atoms with Gasteiger partial charge in [0.05, 0.1) is 19.9 Å². The summed E-state index contributed by atoms with van der Waals surface area (Å²) in [7, 11) is 3.27. The fraction of sp³-hybridized carbons (Fsp3) is 0.700. The first kappa shape index (κ1) is 22.1. The fourth-order valence-electron chi connectivity index (χ4n) is 2.60. The highest BCUT2D eigenvalue weighted by molar-refractivity contribution is 5.67. The maximum absolute atomic E-state index is 11.7. The second kappa shape index (κ2) is 10.9. The highest BCUT2D eigenvalue weighted by atomic mass is 16.6. The third-order valence-corrected chi connectivity index (χ3v) is 3.84. The first-order valence-corrected chi connectivity index (χ1v) is 9.38. The molecule has 0 saturated heterocycles. The first-order chi connectivity index (χ1) is 12.3. The van der Waals surface area contributed by atoms with Gasteiger partial charge >= 0.3 is 6.09 Å². The second-order valence-electron chi connectivity index (χ2n) is 7.30. The number of unbranched alkanes of at least 4 members (excludes halogenated alkanes) is 3. The molecule has 6 nitrogen and oxygen atoms in total. The Kier molecular flexibility index (Phi) is 9.24. The van der Waals surface area contributed by atoms with Crippen LogP contribution < -0.4 is 14.8 Å². The van der Waals surface area contributed by atoms with Crippen LogP contribution in [0.5, 0.6) is 11.6 Å². The quantitative estimate of drug-likeness (QED) is 0.626. The van der Waals surface area contributed by atoms with E-state index >= 15 is 0 Å². The van der Waals surface area contributed by atoms with Gasteiger partial charge in [0.15, 0.2) is 0 Å². The van der Waals surface area contributed by atoms with Crippen LogP contribution in [0.15, 0.2) is 6.07 Å². The lowest BCUT2D eigenvalue weighted by molar-refractivity contribution is 0.0528. The molecule has 148 valence electrons. The van der Waals surface area contributed by atoms with E-state index in [1.165, 1.54) is 19.3 Å². The van der Waals surface area contributed by atoms with Crippen LogP contribution in [0.4, 0.5) is 4.79 Å². The number of rotatable bonds is 10. The van der Waals surface area contributed by atoms with Crippen LogP contribution in [0.1, 0.15) is 64.6 Å². The topological polar surface area (TPSA) is 69.7 Å². The van der Waals surface area contributed by atoms with Crippen molar-refractivity contribution in [3.63, 3.8) is 0 Å². The third-order valence-electron chi connectivity index (χ3n) is 3.84. The van der Waals surface area contributed by atoms with E-state index in [4.69, 9.17) is 14.2 Å². The zero-order valence-electron chi connectivity index (χ0n) is 17.1. The van der Waals surface area contributed by atoms with Crippen molar-refractivity contribution in [2.75, 3.05) is 20.8 Å². The molecule has 0 bridgehead atoms. The van der Waals surface area contributed by atoms with E-state index in [2.05, 4.69) is 17.2 Å². The number of nitrogens with one attached hydrogen (secondary N) is 1. The van der Waals surface area contributed by atoms with Gasteiger partial charge in [0.2, 0.25) is 5.88 Å². The fourth-order valence-corrected chi connectivity index (χ4v) is 2.60. The van der Waals surface area contributed by atoms with Gasteiger partial charge in [-0.05, 0) is 39.7 Å². The van der Waals surface area contributed by atoms with Crippen LogP contribution in [0.3, 0.4) is 0 Å². The summed E-state index contributed by atoms with van der Waals surface area (Å²) >= 11 is 0. The zero-order chi connectivity index (χ0) is 19.6. The molecule has 0 spiro atoms. The SMILES string of the molecule is CCCCCCc1cc(OC)c(CCNC(=O)OC(C)(C)C)nc1OC. The molecule has 1 amide bonds. The van der Waals surface area contributed by atoms with Crippen molar-refractivity contribution in [1.29, 1.82) is 0 Å². The molecular weight excluding hydrogens is 332 g/mol. The Morgan fingerprint density at radius 1 is 1.12 bits per heavy atom. The van der Waals surface area contributed by atoms with Gasteiger partial charge < -0.3 is 19.5 Å². The average Bonchev–Trinajstić information content (AvgIpc) is 2.57. The molecule has 26 heavy (non-hydrogen) atoms. The minimum Gasteiger partial charge on any atom is -0.495 e. The third kappa shape index (κ3) is 7.93. The molecule has 6 heteroatoms. The number of carbonyl (C=O) groups is 1. The number of methoxy groups -OCH3 is 2. The number of amides is 1. The Bertz CT molecular complexity index is 568. The summed E-state index contributed by atoms with van der Waals surface area (Å²) in [6, 6.07) is 2.00. The number of carbonyl (C=O) groups excluding carboxylic acids is 1. The van der Waals surface area contributed by atoms with Crippen molar-refractivity contribution >= 4 is 6.09 Å². The smallest absolute Gasteiger partial charge is 0.407 e. The molecule has 1 aromatic rings. The van der Waals surface area contributed by atoms with Crippen molar-refractivity contribution in [3.8, 4) is 11.6 Å². The van der Waals surface area contributed by atoms with E-state index in [0.717, 1.165) is 29.8 Å². The summed E-state index contributed by atoms with van der Waals surface area (Å²) in [5, 5.41) is 2.74. The van der Waals surface area contributed by atoms with Crippen LogP contribution in [-0.2, 0) is 17.6 Å². The number of nitrogens with zero attached hydrogens (tertiary/aromatic N) is 1. The Morgan fingerprint density at radius 3 is 2.42 bits per heavy atom. The Balaban J connectivity index is 2.71. The predicted octanol–water partition coefficient (Wildman–Crippen LogP) is 4.29. The largest absolute Gasteiger partial charge is 0.495 e. The first-order valence-electron chi connectivity index (χ1n) is 9.38. The molecule has 0 aliphatic rings. The Hall–Kier alpha value is -1.98. The van der Waals surface area contributed by atoms with Gasteiger partial charge in [0, 0.05) is 18.5 Å². The number of ether oxygens (including phenoxy) is 3. The van der Waals surface area contributed by atoms with Gasteiger partial charge in [0.1, 0.15) is 11.4 Å². The minimum absolute atomic E-state index is 0.414. The van der Waals surface area contributed by atoms with E-state index in [-0.39, 0.29) is 0 Å². The molecule has 0 unspecified atom stereocenters. The van der Waals surface area contributed by atoms with Gasteiger partial charge in [-0.15, -0.1) is 0 Å². The molecule has 1 heterocycles. The lowest BCUT2D eigenvalue weighted by Gasteiger charge is -2.19. The summed E-state index contributed by atoms with van der Waals surface area (Å²) in [6.45, 7) is 8.12. The molecule has 0 atom stereocenters. The molecule has 1 N–H and O–H groups in total. The monoisotopic (exact) mass is 366 g/mol. The molecule has 0 aliphatic carbocycles. The van der Waals surface area contributed by atoms with Gasteiger partial charge in [0.25, 0.3) is 0 Å². The predicted molar refractivity (Wildman–Crippen MR) is 103 cm³/mol. The molecule has 0 aromatic carbocycles. The van der Waals surface area contributed by atoms with Crippen LogP contribution in [0, 0.1) is 0 Å². The number of aryl methyl sites for hydroxylation is 1. The van der Waals surface area contributed by atoms with Crippen LogP contribution in [-0.4, -0.2) is 37.4 Å². The average molecular weight is 367 g/mol. The Labute approximate surface area is 157 Å². The highest BCUT2D eigenvalue weighted by Gasteiger charge is 2.17. The van der Waals surface area contributed by atoms with Gasteiger partial charge in [-0.2, -0.15) is 0 Å². The number of pyridine rings is 1. The van der Waals surface area contributed by atoms with E-state index in [1.54, 1.807) is 14.2 Å². The summed E-state index contributed by atoms with van der Waals surface area (Å²) < 4.78 is 16.2. The van der Waals surface area contributed by atoms with Crippen molar-refractivity contribution in [2.45, 2.75) is 71.8 Å². The number of aromatic nitrogens is 1. The van der Waals surface area contributed by atoms with Crippen molar-refractivity contribution in [2.24, 2.45) is 0 Å². The number of alkyl carbamates (subject to hydrolysis) is 1. The van der Waals surface area contributed by atoms with Gasteiger partial charge in [-0.3, -0.25) is 0 Å². The normalized spacial score (nSPS) is 11.2. The lowest BCUT2D eigenvalue weighted by atomic mass is 10.1. The zero-order valence-corrected chi connectivity index (χ0v) is 17.1. The van der Waals surface area contributed by atoms with Gasteiger partial charge in [-0.1, -0.05) is 26.2 Å². The van der Waals surface area contributed by atoms with E-state index in [9.17, 15) is 4.79 Å². The van der Waals surface area contributed by atoms with Crippen LogP contribution in [0.2, 0.25) is 0 Å². The molecular formula is C20H34N2O4. The number of hydrogen-bond donors (Lipinski definition) is 1. The second-order valence-corrected chi connectivity index (χ2v) is 7.30. The maximum Gasteiger partial charge on any atom is 0.407 e.